The minimum absolute atomic E-state index is 0.144. The molecule has 0 aliphatic rings. The van der Waals surface area contributed by atoms with Crippen LogP contribution in [0.4, 0.5) is 5.69 Å². The lowest BCUT2D eigenvalue weighted by Crippen LogP contribution is -2.23. The highest BCUT2D eigenvalue weighted by Crippen LogP contribution is 2.18. The molecule has 2 aromatic carbocycles. The van der Waals surface area contributed by atoms with Crippen LogP contribution in [0.1, 0.15) is 6.42 Å². The zero-order valence-corrected chi connectivity index (χ0v) is 16.3. The van der Waals surface area contributed by atoms with E-state index in [1.165, 1.54) is 22.7 Å². The number of nitrogens with zero attached hydrogens (tertiary/aromatic N) is 6. The van der Waals surface area contributed by atoms with Crippen LogP contribution < -0.4 is 10.9 Å². The number of fused-ring (bicyclic) bond motifs is 1. The smallest absolute Gasteiger partial charge is 0.261 e. The first kappa shape index (κ1) is 18.8. The van der Waals surface area contributed by atoms with E-state index in [-0.39, 0.29) is 24.4 Å². The molecule has 4 rings (SSSR count). The van der Waals surface area contributed by atoms with E-state index in [0.717, 1.165) is 5.69 Å². The lowest BCUT2D eigenvalue weighted by Gasteiger charge is -2.09. The Morgan fingerprint density at radius 2 is 2.03 bits per heavy atom. The molecule has 0 aliphatic carbocycles. The Morgan fingerprint density at radius 3 is 2.90 bits per heavy atom. The number of anilines is 1. The van der Waals surface area contributed by atoms with Crippen molar-refractivity contribution in [2.24, 2.45) is 0 Å². The van der Waals surface area contributed by atoms with Gasteiger partial charge in [-0.1, -0.05) is 30.0 Å². The van der Waals surface area contributed by atoms with Gasteiger partial charge in [0, 0.05) is 18.7 Å². The van der Waals surface area contributed by atoms with E-state index in [0.29, 0.717) is 21.7 Å². The minimum Gasteiger partial charge on any atom is -0.326 e. The van der Waals surface area contributed by atoms with Gasteiger partial charge in [0.15, 0.2) is 0 Å². The summed E-state index contributed by atoms with van der Waals surface area (Å²) < 4.78 is 3.05. The fourth-order valence-corrected chi connectivity index (χ4v) is 3.33. The molecule has 0 bridgehead atoms. The molecular weight excluding hydrogens is 390 g/mol. The highest BCUT2D eigenvalue weighted by Gasteiger charge is 2.10. The van der Waals surface area contributed by atoms with Crippen molar-refractivity contribution in [3.05, 3.63) is 65.2 Å². The molecule has 29 heavy (non-hydrogen) atoms. The average molecular weight is 407 g/mol. The maximum Gasteiger partial charge on any atom is 0.261 e. The fourth-order valence-electron chi connectivity index (χ4n) is 2.89. The standard InChI is InChI=1S/C19H17N7O2S/c1-29-19-22-23-24-26(19)14-6-4-5-13(11-14)21-17(27)9-10-25-12-20-16-8-3-2-7-15(16)18(25)28/h2-8,11-12H,9-10H2,1H3,(H,21,27). The fraction of sp³-hybridized carbons (Fsp3) is 0.158. The molecule has 4 aromatic rings. The Bertz CT molecular complexity index is 1230. The number of carbonyl (C=O) groups is 1. The topological polar surface area (TPSA) is 108 Å². The monoisotopic (exact) mass is 407 g/mol. The average Bonchev–Trinajstić information content (AvgIpc) is 3.23. The number of benzene rings is 2. The van der Waals surface area contributed by atoms with Gasteiger partial charge >= 0.3 is 0 Å². The van der Waals surface area contributed by atoms with Crippen molar-refractivity contribution in [1.29, 1.82) is 0 Å². The molecule has 0 saturated heterocycles. The molecule has 10 heteroatoms. The molecule has 9 nitrogen and oxygen atoms in total. The number of para-hydroxylation sites is 1. The van der Waals surface area contributed by atoms with E-state index in [1.807, 2.05) is 24.5 Å². The van der Waals surface area contributed by atoms with Crippen LogP contribution in [-0.2, 0) is 11.3 Å². The number of hydrogen-bond acceptors (Lipinski definition) is 7. The number of nitrogens with one attached hydrogen (secondary N) is 1. The summed E-state index contributed by atoms with van der Waals surface area (Å²) in [7, 11) is 0. The van der Waals surface area contributed by atoms with Crippen molar-refractivity contribution >= 4 is 34.3 Å². The van der Waals surface area contributed by atoms with Crippen molar-refractivity contribution < 1.29 is 4.79 Å². The highest BCUT2D eigenvalue weighted by molar-refractivity contribution is 7.98. The molecule has 2 heterocycles. The van der Waals surface area contributed by atoms with Gasteiger partial charge in [0.1, 0.15) is 0 Å². The summed E-state index contributed by atoms with van der Waals surface area (Å²) in [5.41, 5.74) is 1.85. The summed E-state index contributed by atoms with van der Waals surface area (Å²) in [5, 5.41) is 15.6. The summed E-state index contributed by atoms with van der Waals surface area (Å²) in [6, 6.07) is 14.4. The Balaban J connectivity index is 1.45. The van der Waals surface area contributed by atoms with Crippen molar-refractivity contribution in [1.82, 2.24) is 29.8 Å². The number of hydrogen-bond donors (Lipinski definition) is 1. The number of amides is 1. The predicted molar refractivity (Wildman–Crippen MR) is 110 cm³/mol. The van der Waals surface area contributed by atoms with Crippen LogP contribution in [0.3, 0.4) is 0 Å². The lowest BCUT2D eigenvalue weighted by atomic mass is 10.2. The third kappa shape index (κ3) is 4.02. The van der Waals surface area contributed by atoms with Crippen molar-refractivity contribution in [2.75, 3.05) is 11.6 Å². The maximum atomic E-state index is 12.5. The van der Waals surface area contributed by atoms with Crippen LogP contribution in [0.15, 0.2) is 64.8 Å². The van der Waals surface area contributed by atoms with Gasteiger partial charge in [-0.2, -0.15) is 4.68 Å². The first-order valence-corrected chi connectivity index (χ1v) is 10.0. The van der Waals surface area contributed by atoms with Crippen LogP contribution >= 0.6 is 11.8 Å². The molecule has 0 unspecified atom stereocenters. The largest absolute Gasteiger partial charge is 0.326 e. The lowest BCUT2D eigenvalue weighted by molar-refractivity contribution is -0.116. The molecule has 0 radical (unpaired) electrons. The van der Waals surface area contributed by atoms with E-state index >= 15 is 0 Å². The first-order chi connectivity index (χ1) is 14.2. The van der Waals surface area contributed by atoms with Gasteiger partial charge in [-0.15, -0.1) is 5.10 Å². The second kappa shape index (κ2) is 8.23. The summed E-state index contributed by atoms with van der Waals surface area (Å²) in [6.07, 6.45) is 3.50. The van der Waals surface area contributed by atoms with Gasteiger partial charge in [-0.05, 0) is 47.0 Å². The molecular formula is C19H17N7O2S. The quantitative estimate of drug-likeness (QED) is 0.488. The summed E-state index contributed by atoms with van der Waals surface area (Å²) >= 11 is 1.43. The van der Waals surface area contributed by atoms with Gasteiger partial charge in [-0.3, -0.25) is 14.2 Å². The zero-order valence-electron chi connectivity index (χ0n) is 15.5. The van der Waals surface area contributed by atoms with Crippen molar-refractivity contribution in [3.63, 3.8) is 0 Å². The van der Waals surface area contributed by atoms with Crippen molar-refractivity contribution in [2.45, 2.75) is 18.1 Å². The molecule has 0 saturated carbocycles. The third-order valence-electron chi connectivity index (χ3n) is 4.31. The Morgan fingerprint density at radius 1 is 1.17 bits per heavy atom. The van der Waals surface area contributed by atoms with Gasteiger partial charge < -0.3 is 5.32 Å². The van der Waals surface area contributed by atoms with Gasteiger partial charge in [0.05, 0.1) is 22.9 Å². The third-order valence-corrected chi connectivity index (χ3v) is 4.93. The highest BCUT2D eigenvalue weighted by atomic mass is 32.2. The Kier molecular flexibility index (Phi) is 5.34. The molecule has 146 valence electrons. The van der Waals surface area contributed by atoms with Crippen LogP contribution in [0.5, 0.6) is 0 Å². The minimum atomic E-state index is -0.205. The molecule has 0 aliphatic heterocycles. The Hall–Kier alpha value is -3.53. The molecule has 0 fully saturated rings. The second-order valence-corrected chi connectivity index (χ2v) is 6.96. The van der Waals surface area contributed by atoms with Crippen LogP contribution in [0, 0.1) is 0 Å². The zero-order chi connectivity index (χ0) is 20.2. The van der Waals surface area contributed by atoms with E-state index in [2.05, 4.69) is 25.8 Å². The van der Waals surface area contributed by atoms with Gasteiger partial charge in [0.2, 0.25) is 11.1 Å². The first-order valence-electron chi connectivity index (χ1n) is 8.82. The number of rotatable bonds is 6. The maximum absolute atomic E-state index is 12.5. The number of carbonyl (C=O) groups excluding carboxylic acids is 1. The van der Waals surface area contributed by atoms with Crippen molar-refractivity contribution in [3.8, 4) is 5.69 Å². The van der Waals surface area contributed by atoms with Crippen LogP contribution in [-0.4, -0.2) is 41.9 Å². The van der Waals surface area contributed by atoms with E-state index in [1.54, 1.807) is 35.0 Å². The molecule has 0 spiro atoms. The van der Waals surface area contributed by atoms with Gasteiger partial charge in [0.25, 0.3) is 5.56 Å². The molecule has 2 aromatic heterocycles. The van der Waals surface area contributed by atoms with E-state index in [9.17, 15) is 9.59 Å². The number of aryl methyl sites for hydroxylation is 1. The van der Waals surface area contributed by atoms with Gasteiger partial charge in [-0.25, -0.2) is 4.98 Å². The van der Waals surface area contributed by atoms with Crippen LogP contribution in [0.25, 0.3) is 16.6 Å². The number of tetrazole rings is 1. The Labute approximate surface area is 169 Å². The van der Waals surface area contributed by atoms with E-state index < -0.39 is 0 Å². The number of thioether (sulfide) groups is 1. The molecule has 0 atom stereocenters. The number of aromatic nitrogens is 6. The SMILES string of the molecule is CSc1nnnn1-c1cccc(NC(=O)CCn2cnc3ccccc3c2=O)c1. The summed E-state index contributed by atoms with van der Waals surface area (Å²) in [5.74, 6) is -0.205. The molecule has 1 amide bonds. The van der Waals surface area contributed by atoms with E-state index in [4.69, 9.17) is 0 Å². The van der Waals surface area contributed by atoms with Crippen LogP contribution in [0.2, 0.25) is 0 Å². The summed E-state index contributed by atoms with van der Waals surface area (Å²) in [6.45, 7) is 0.242. The predicted octanol–water partition coefficient (Wildman–Crippen LogP) is 2.12. The molecule has 1 N–H and O–H groups in total. The second-order valence-electron chi connectivity index (χ2n) is 6.19. The summed E-state index contributed by atoms with van der Waals surface area (Å²) in [4.78, 5) is 29.2. The normalized spacial score (nSPS) is 10.9.